The quantitative estimate of drug-likeness (QED) is 0.413. The van der Waals surface area contributed by atoms with Crippen LogP contribution in [0.1, 0.15) is 48.0 Å². The van der Waals surface area contributed by atoms with Crippen molar-refractivity contribution < 1.29 is 10.0 Å². The van der Waals surface area contributed by atoms with Crippen LogP contribution < -0.4 is 20.6 Å². The fourth-order valence-corrected chi connectivity index (χ4v) is 4.89. The standard InChI is InChI=1S/C23H31ClN6O2/c1-2-7-30-15-18(20-4-3-19(24)10-21(20)30)12-25-11-16-5-8-29(9-6-16)23-26-13-17(14-27-23)22(31)28-32/h3-4,10,13-14,16,18,25,32H,2,5-9,11-12,15H2,1H3,(H,28,31). The summed E-state index contributed by atoms with van der Waals surface area (Å²) in [6, 6.07) is 6.30. The summed E-state index contributed by atoms with van der Waals surface area (Å²) in [7, 11) is 0. The zero-order chi connectivity index (χ0) is 22.5. The van der Waals surface area contributed by atoms with Gasteiger partial charge in [0.1, 0.15) is 0 Å². The van der Waals surface area contributed by atoms with Gasteiger partial charge in [-0.15, -0.1) is 0 Å². The van der Waals surface area contributed by atoms with Crippen molar-refractivity contribution >= 4 is 29.1 Å². The summed E-state index contributed by atoms with van der Waals surface area (Å²) >= 11 is 6.24. The Morgan fingerprint density at radius 2 is 1.97 bits per heavy atom. The minimum Gasteiger partial charge on any atom is -0.371 e. The van der Waals surface area contributed by atoms with Crippen LogP contribution in [0.5, 0.6) is 0 Å². The van der Waals surface area contributed by atoms with E-state index in [1.165, 1.54) is 23.6 Å². The lowest BCUT2D eigenvalue weighted by atomic mass is 9.96. The average Bonchev–Trinajstić information content (AvgIpc) is 3.16. The summed E-state index contributed by atoms with van der Waals surface area (Å²) in [6.07, 6.45) is 6.17. The van der Waals surface area contributed by atoms with E-state index in [0.717, 1.165) is 63.6 Å². The number of rotatable bonds is 8. The molecular formula is C23H31ClN6O2. The van der Waals surface area contributed by atoms with E-state index in [2.05, 4.69) is 44.1 Å². The van der Waals surface area contributed by atoms with Gasteiger partial charge in [-0.05, 0) is 49.4 Å². The number of nitrogens with one attached hydrogen (secondary N) is 2. The Hall–Kier alpha value is -2.42. The van der Waals surface area contributed by atoms with Crippen LogP contribution in [0.3, 0.4) is 0 Å². The fraction of sp³-hybridized carbons (Fsp3) is 0.522. The van der Waals surface area contributed by atoms with Crippen LogP contribution in [0.2, 0.25) is 5.02 Å². The summed E-state index contributed by atoms with van der Waals surface area (Å²) in [5.74, 6) is 1.15. The highest BCUT2D eigenvalue weighted by Crippen LogP contribution is 2.37. The van der Waals surface area contributed by atoms with E-state index in [0.29, 0.717) is 17.8 Å². The molecule has 4 rings (SSSR count). The second-order valence-corrected chi connectivity index (χ2v) is 9.08. The van der Waals surface area contributed by atoms with Crippen LogP contribution in [-0.4, -0.2) is 60.4 Å². The van der Waals surface area contributed by atoms with E-state index >= 15 is 0 Å². The molecule has 1 saturated heterocycles. The molecule has 2 aliphatic heterocycles. The number of fused-ring (bicyclic) bond motifs is 1. The van der Waals surface area contributed by atoms with Gasteiger partial charge in [0.05, 0.1) is 5.56 Å². The van der Waals surface area contributed by atoms with Gasteiger partial charge in [0, 0.05) is 61.7 Å². The molecule has 9 heteroatoms. The number of hydrogen-bond donors (Lipinski definition) is 3. The number of anilines is 2. The third-order valence-electron chi connectivity index (χ3n) is 6.43. The van der Waals surface area contributed by atoms with Crippen LogP contribution in [-0.2, 0) is 0 Å². The first kappa shape index (κ1) is 22.8. The number of hydrogen-bond acceptors (Lipinski definition) is 7. The van der Waals surface area contributed by atoms with Crippen LogP contribution in [0.25, 0.3) is 0 Å². The van der Waals surface area contributed by atoms with Gasteiger partial charge in [-0.2, -0.15) is 0 Å². The van der Waals surface area contributed by atoms with E-state index in [-0.39, 0.29) is 5.56 Å². The lowest BCUT2D eigenvalue weighted by molar-refractivity contribution is 0.0705. The highest BCUT2D eigenvalue weighted by Gasteiger charge is 2.28. The zero-order valence-corrected chi connectivity index (χ0v) is 19.2. The number of amides is 1. The maximum atomic E-state index is 11.4. The topological polar surface area (TPSA) is 93.6 Å². The van der Waals surface area contributed by atoms with Crippen molar-refractivity contribution in [1.29, 1.82) is 0 Å². The highest BCUT2D eigenvalue weighted by molar-refractivity contribution is 6.30. The smallest absolute Gasteiger partial charge is 0.277 e. The van der Waals surface area contributed by atoms with Crippen molar-refractivity contribution in [3.63, 3.8) is 0 Å². The number of halogens is 1. The number of benzene rings is 1. The lowest BCUT2D eigenvalue weighted by Crippen LogP contribution is -2.39. The Labute approximate surface area is 193 Å². The third-order valence-corrected chi connectivity index (χ3v) is 6.67. The average molecular weight is 459 g/mol. The van der Waals surface area contributed by atoms with Crippen LogP contribution in [0.15, 0.2) is 30.6 Å². The predicted octanol–water partition coefficient (Wildman–Crippen LogP) is 3.07. The zero-order valence-electron chi connectivity index (χ0n) is 18.4. The predicted molar refractivity (Wildman–Crippen MR) is 126 cm³/mol. The van der Waals surface area contributed by atoms with Gasteiger partial charge >= 0.3 is 0 Å². The molecule has 1 fully saturated rings. The molecule has 0 radical (unpaired) electrons. The van der Waals surface area contributed by atoms with Crippen LogP contribution in [0.4, 0.5) is 11.6 Å². The third kappa shape index (κ3) is 5.14. The molecule has 2 aliphatic rings. The van der Waals surface area contributed by atoms with Gasteiger partial charge in [-0.25, -0.2) is 15.4 Å². The number of aromatic nitrogens is 2. The summed E-state index contributed by atoms with van der Waals surface area (Å²) in [4.78, 5) is 24.6. The van der Waals surface area contributed by atoms with Gasteiger partial charge in [0.25, 0.3) is 5.91 Å². The number of nitrogens with zero attached hydrogens (tertiary/aromatic N) is 4. The molecule has 8 nitrogen and oxygen atoms in total. The summed E-state index contributed by atoms with van der Waals surface area (Å²) in [5, 5.41) is 13.2. The maximum absolute atomic E-state index is 11.4. The Morgan fingerprint density at radius 3 is 2.66 bits per heavy atom. The molecule has 1 atom stereocenters. The molecule has 172 valence electrons. The van der Waals surface area contributed by atoms with Crippen molar-refractivity contribution in [3.05, 3.63) is 46.7 Å². The van der Waals surface area contributed by atoms with E-state index in [1.807, 2.05) is 6.07 Å². The monoisotopic (exact) mass is 458 g/mol. The lowest BCUT2D eigenvalue weighted by Gasteiger charge is -2.32. The molecule has 0 bridgehead atoms. The second kappa shape index (κ2) is 10.5. The summed E-state index contributed by atoms with van der Waals surface area (Å²) in [6.45, 7) is 8.12. The van der Waals surface area contributed by atoms with Gasteiger partial charge in [-0.1, -0.05) is 24.6 Å². The van der Waals surface area contributed by atoms with Crippen molar-refractivity contribution in [2.45, 2.75) is 32.1 Å². The minimum atomic E-state index is -0.605. The molecular weight excluding hydrogens is 428 g/mol. The van der Waals surface area contributed by atoms with Crippen LogP contribution >= 0.6 is 11.6 Å². The number of hydroxylamine groups is 1. The molecule has 0 spiro atoms. The van der Waals surface area contributed by atoms with E-state index in [4.69, 9.17) is 16.8 Å². The normalized spacial score (nSPS) is 18.7. The minimum absolute atomic E-state index is 0.239. The molecule has 0 saturated carbocycles. The van der Waals surface area contributed by atoms with E-state index in [9.17, 15) is 4.79 Å². The Kier molecular flexibility index (Phi) is 7.44. The Morgan fingerprint density at radius 1 is 1.22 bits per heavy atom. The van der Waals surface area contributed by atoms with Gasteiger partial charge in [0.2, 0.25) is 5.95 Å². The fourth-order valence-electron chi connectivity index (χ4n) is 4.72. The van der Waals surface area contributed by atoms with Crippen molar-refractivity contribution in [3.8, 4) is 0 Å². The van der Waals surface area contributed by atoms with Crippen molar-refractivity contribution in [1.82, 2.24) is 20.8 Å². The molecule has 1 unspecified atom stereocenters. The van der Waals surface area contributed by atoms with Gasteiger partial charge in [-0.3, -0.25) is 10.0 Å². The molecule has 3 N–H and O–H groups in total. The molecule has 32 heavy (non-hydrogen) atoms. The Balaban J connectivity index is 1.24. The summed E-state index contributed by atoms with van der Waals surface area (Å²) in [5.41, 5.74) is 4.53. The molecule has 1 aromatic carbocycles. The molecule has 3 heterocycles. The van der Waals surface area contributed by atoms with E-state index < -0.39 is 5.91 Å². The number of piperidine rings is 1. The number of carbonyl (C=O) groups excluding carboxylic acids is 1. The van der Waals surface area contributed by atoms with Crippen LogP contribution in [0, 0.1) is 5.92 Å². The highest BCUT2D eigenvalue weighted by atomic mass is 35.5. The van der Waals surface area contributed by atoms with Crippen molar-refractivity contribution in [2.24, 2.45) is 5.92 Å². The summed E-state index contributed by atoms with van der Waals surface area (Å²) < 4.78 is 0. The second-order valence-electron chi connectivity index (χ2n) is 8.65. The first-order valence-electron chi connectivity index (χ1n) is 11.4. The molecule has 1 aromatic heterocycles. The van der Waals surface area contributed by atoms with Gasteiger partial charge < -0.3 is 15.1 Å². The molecule has 1 amide bonds. The Bertz CT molecular complexity index is 917. The SMILES string of the molecule is CCCN1CC(CNCC2CCN(c3ncc(C(=O)NO)cn3)CC2)c2ccc(Cl)cc21. The first-order chi connectivity index (χ1) is 15.6. The maximum Gasteiger partial charge on any atom is 0.277 e. The van der Waals surface area contributed by atoms with E-state index in [1.54, 1.807) is 5.48 Å². The molecule has 2 aromatic rings. The van der Waals surface area contributed by atoms with Crippen molar-refractivity contribution in [2.75, 3.05) is 49.1 Å². The largest absolute Gasteiger partial charge is 0.371 e. The van der Waals surface area contributed by atoms with Gasteiger partial charge in [0.15, 0.2) is 0 Å². The number of carbonyl (C=O) groups is 1. The molecule has 0 aliphatic carbocycles. The first-order valence-corrected chi connectivity index (χ1v) is 11.7.